The van der Waals surface area contributed by atoms with Gasteiger partial charge in [0.05, 0.1) is 31.4 Å². The van der Waals surface area contributed by atoms with E-state index < -0.39 is 0 Å². The van der Waals surface area contributed by atoms with Crippen LogP contribution in [0.1, 0.15) is 0 Å². The lowest BCUT2D eigenvalue weighted by Crippen LogP contribution is -2.37. The molecule has 1 aliphatic heterocycles. The predicted octanol–water partition coefficient (Wildman–Crippen LogP) is 4.67. The predicted molar refractivity (Wildman–Crippen MR) is 140 cm³/mol. The molecule has 2 N–H and O–H groups in total. The van der Waals surface area contributed by atoms with Gasteiger partial charge in [0.1, 0.15) is 11.6 Å². The maximum atomic E-state index is 5.50. The fraction of sp³-hybridized carbons (Fsp3) is 0.185. The van der Waals surface area contributed by atoms with Crippen molar-refractivity contribution in [1.82, 2.24) is 24.9 Å². The molecule has 2 aromatic heterocycles. The van der Waals surface area contributed by atoms with E-state index in [2.05, 4.69) is 20.2 Å². The lowest BCUT2D eigenvalue weighted by Gasteiger charge is -2.27. The molecular formula is C27H25N7O2. The van der Waals surface area contributed by atoms with Gasteiger partial charge in [0, 0.05) is 29.9 Å². The molecule has 0 aliphatic carbocycles. The minimum atomic E-state index is 0.480. The van der Waals surface area contributed by atoms with Crippen LogP contribution in [0.5, 0.6) is 5.75 Å². The summed E-state index contributed by atoms with van der Waals surface area (Å²) in [5.41, 5.74) is 4.72. The molecular weight excluding hydrogens is 454 g/mol. The molecule has 1 saturated heterocycles. The number of anilines is 3. The Morgan fingerprint density at radius 2 is 1.58 bits per heavy atom. The van der Waals surface area contributed by atoms with Gasteiger partial charge in [-0.3, -0.25) is 0 Å². The van der Waals surface area contributed by atoms with Crippen LogP contribution in [0.3, 0.4) is 0 Å². The highest BCUT2D eigenvalue weighted by molar-refractivity contribution is 5.79. The third-order valence-electron chi connectivity index (χ3n) is 6.07. The van der Waals surface area contributed by atoms with Crippen LogP contribution in [0.2, 0.25) is 0 Å². The Hall–Kier alpha value is -4.50. The van der Waals surface area contributed by atoms with Crippen LogP contribution in [0.4, 0.5) is 17.6 Å². The number of ether oxygens (including phenoxy) is 2. The van der Waals surface area contributed by atoms with Crippen LogP contribution < -0.4 is 15.0 Å². The molecule has 1 fully saturated rings. The lowest BCUT2D eigenvalue weighted by molar-refractivity contribution is 0.122. The molecule has 3 aromatic carbocycles. The number of benzene rings is 3. The third-order valence-corrected chi connectivity index (χ3v) is 6.07. The molecule has 0 bridgehead atoms. The number of rotatable bonds is 6. The molecule has 0 amide bonds. The second-order valence-electron chi connectivity index (χ2n) is 8.42. The number of fused-ring (bicyclic) bond motifs is 1. The Morgan fingerprint density at radius 3 is 2.33 bits per heavy atom. The number of hydrogen-bond acceptors (Lipinski definition) is 8. The topological polar surface area (TPSA) is 101 Å². The van der Waals surface area contributed by atoms with Crippen molar-refractivity contribution in [3.05, 3.63) is 72.8 Å². The largest absolute Gasteiger partial charge is 0.497 e. The van der Waals surface area contributed by atoms with Crippen molar-refractivity contribution in [3.8, 4) is 28.5 Å². The van der Waals surface area contributed by atoms with Crippen LogP contribution in [0, 0.1) is 0 Å². The zero-order valence-corrected chi connectivity index (χ0v) is 19.8. The Bertz CT molecular complexity index is 1440. The van der Waals surface area contributed by atoms with Crippen molar-refractivity contribution >= 4 is 28.6 Å². The van der Waals surface area contributed by atoms with E-state index in [0.717, 1.165) is 52.5 Å². The SMILES string of the molecule is COc1ccc(-c2nc(Nc3ccc(-c4nc5ccccc5[nH]4)cc3)nc(N3CCOCC3)n2)cc1. The smallest absolute Gasteiger partial charge is 0.232 e. The summed E-state index contributed by atoms with van der Waals surface area (Å²) < 4.78 is 10.8. The number of morpholine rings is 1. The highest BCUT2D eigenvalue weighted by Gasteiger charge is 2.17. The molecule has 0 radical (unpaired) electrons. The molecule has 5 aromatic rings. The fourth-order valence-electron chi connectivity index (χ4n) is 4.12. The molecule has 0 atom stereocenters. The van der Waals surface area contributed by atoms with Gasteiger partial charge in [-0.25, -0.2) is 4.98 Å². The molecule has 3 heterocycles. The van der Waals surface area contributed by atoms with Gasteiger partial charge < -0.3 is 24.7 Å². The van der Waals surface area contributed by atoms with Gasteiger partial charge in [-0.1, -0.05) is 12.1 Å². The monoisotopic (exact) mass is 479 g/mol. The second-order valence-corrected chi connectivity index (χ2v) is 8.42. The van der Waals surface area contributed by atoms with E-state index in [1.54, 1.807) is 7.11 Å². The summed E-state index contributed by atoms with van der Waals surface area (Å²) in [6.07, 6.45) is 0. The molecule has 9 heteroatoms. The van der Waals surface area contributed by atoms with Crippen molar-refractivity contribution in [1.29, 1.82) is 0 Å². The summed E-state index contributed by atoms with van der Waals surface area (Å²) >= 11 is 0. The molecule has 0 unspecified atom stereocenters. The summed E-state index contributed by atoms with van der Waals surface area (Å²) in [5.74, 6) is 3.31. The number of methoxy groups -OCH3 is 1. The standard InChI is InChI=1S/C27H25N7O2/c1-35-21-12-8-19(9-13-21)25-31-26(33-27(32-25)34-14-16-36-17-15-34)28-20-10-6-18(7-11-20)24-29-22-4-2-3-5-23(22)30-24/h2-13H,14-17H2,1H3,(H,29,30)(H,28,31,32,33). The van der Waals surface area contributed by atoms with E-state index in [1.165, 1.54) is 0 Å². The summed E-state index contributed by atoms with van der Waals surface area (Å²) in [6, 6.07) is 23.7. The number of imidazole rings is 1. The minimum Gasteiger partial charge on any atom is -0.497 e. The van der Waals surface area contributed by atoms with Gasteiger partial charge in [-0.2, -0.15) is 15.0 Å². The van der Waals surface area contributed by atoms with Crippen LogP contribution in [-0.4, -0.2) is 58.3 Å². The third kappa shape index (κ3) is 4.56. The van der Waals surface area contributed by atoms with E-state index in [4.69, 9.17) is 24.4 Å². The van der Waals surface area contributed by atoms with Crippen molar-refractivity contribution in [2.75, 3.05) is 43.6 Å². The van der Waals surface area contributed by atoms with E-state index in [1.807, 2.05) is 72.8 Å². The van der Waals surface area contributed by atoms with Gasteiger partial charge in [-0.05, 0) is 60.7 Å². The molecule has 0 saturated carbocycles. The maximum Gasteiger partial charge on any atom is 0.232 e. The molecule has 9 nitrogen and oxygen atoms in total. The number of para-hydroxylation sites is 2. The number of hydrogen-bond donors (Lipinski definition) is 2. The highest BCUT2D eigenvalue weighted by Crippen LogP contribution is 2.26. The number of aromatic amines is 1. The van der Waals surface area contributed by atoms with Crippen LogP contribution in [0.15, 0.2) is 72.8 Å². The number of nitrogens with one attached hydrogen (secondary N) is 2. The lowest BCUT2D eigenvalue weighted by atomic mass is 10.2. The van der Waals surface area contributed by atoms with Crippen LogP contribution >= 0.6 is 0 Å². The average Bonchev–Trinajstić information content (AvgIpc) is 3.38. The first kappa shape index (κ1) is 22.0. The Balaban J connectivity index is 1.29. The number of nitrogens with zero attached hydrogens (tertiary/aromatic N) is 5. The summed E-state index contributed by atoms with van der Waals surface area (Å²) in [4.78, 5) is 24.3. The van der Waals surface area contributed by atoms with Crippen molar-refractivity contribution in [2.24, 2.45) is 0 Å². The van der Waals surface area contributed by atoms with E-state index in [-0.39, 0.29) is 0 Å². The Kier molecular flexibility index (Phi) is 5.88. The first-order valence-corrected chi connectivity index (χ1v) is 11.8. The Morgan fingerprint density at radius 1 is 0.833 bits per heavy atom. The van der Waals surface area contributed by atoms with Gasteiger partial charge in [0.2, 0.25) is 11.9 Å². The van der Waals surface area contributed by atoms with Crippen LogP contribution in [0.25, 0.3) is 33.8 Å². The normalized spacial score (nSPS) is 13.6. The van der Waals surface area contributed by atoms with Gasteiger partial charge >= 0.3 is 0 Å². The van der Waals surface area contributed by atoms with E-state index in [9.17, 15) is 0 Å². The second kappa shape index (κ2) is 9.63. The minimum absolute atomic E-state index is 0.480. The quantitative estimate of drug-likeness (QED) is 0.362. The highest BCUT2D eigenvalue weighted by atomic mass is 16.5. The molecule has 1 aliphatic rings. The summed E-state index contributed by atoms with van der Waals surface area (Å²) in [5, 5.41) is 3.35. The first-order valence-electron chi connectivity index (χ1n) is 11.8. The average molecular weight is 480 g/mol. The maximum absolute atomic E-state index is 5.50. The number of H-pyrrole nitrogens is 1. The van der Waals surface area contributed by atoms with Crippen molar-refractivity contribution in [2.45, 2.75) is 0 Å². The van der Waals surface area contributed by atoms with E-state index >= 15 is 0 Å². The van der Waals surface area contributed by atoms with Crippen molar-refractivity contribution in [3.63, 3.8) is 0 Å². The van der Waals surface area contributed by atoms with Gasteiger partial charge in [0.25, 0.3) is 0 Å². The Labute approximate surface area is 208 Å². The number of aromatic nitrogens is 5. The summed E-state index contributed by atoms with van der Waals surface area (Å²) in [7, 11) is 1.65. The fourth-order valence-corrected chi connectivity index (χ4v) is 4.12. The van der Waals surface area contributed by atoms with Crippen molar-refractivity contribution < 1.29 is 9.47 Å². The van der Waals surface area contributed by atoms with Gasteiger partial charge in [-0.15, -0.1) is 0 Å². The van der Waals surface area contributed by atoms with E-state index in [0.29, 0.717) is 30.9 Å². The zero-order valence-electron chi connectivity index (χ0n) is 19.8. The first-order chi connectivity index (χ1) is 17.7. The van der Waals surface area contributed by atoms with Gasteiger partial charge in [0.15, 0.2) is 5.82 Å². The molecule has 0 spiro atoms. The molecule has 6 rings (SSSR count). The summed E-state index contributed by atoms with van der Waals surface area (Å²) in [6.45, 7) is 2.76. The molecule has 180 valence electrons. The molecule has 36 heavy (non-hydrogen) atoms. The zero-order chi connectivity index (χ0) is 24.3. The van der Waals surface area contributed by atoms with Crippen LogP contribution in [-0.2, 0) is 4.74 Å².